The molecule has 2 fully saturated rings. The van der Waals surface area contributed by atoms with E-state index in [1.807, 2.05) is 56.3 Å². The number of pyridine rings is 1. The van der Waals surface area contributed by atoms with Crippen molar-refractivity contribution in [3.8, 4) is 0 Å². The number of piperidine rings is 1. The van der Waals surface area contributed by atoms with E-state index < -0.39 is 29.4 Å². The number of nitrogens with one attached hydrogen (secondary N) is 5. The molecule has 3 aliphatic rings. The molecule has 1 aromatic heterocycles. The molecule has 5 bridgehead atoms. The number of carbonyl (C=O) groups is 4. The molecule has 2 saturated heterocycles. The molecule has 5 N–H and O–H groups in total. The number of rotatable bonds is 2. The Bertz CT molecular complexity index is 1440. The van der Waals surface area contributed by atoms with Crippen LogP contribution in [0.15, 0.2) is 36.4 Å². The Labute approximate surface area is 258 Å². The van der Waals surface area contributed by atoms with Crippen LogP contribution in [0.25, 0.3) is 17.0 Å². The summed E-state index contributed by atoms with van der Waals surface area (Å²) < 4.78 is 0. The SMILES string of the molecule is C[C@@H]1NC(=O)[C@H](CC2CCCNC2)NC(=O)C(C)(C)/C=C/c2ccc3ccc(nc3c2)N(C)NC(=O)[C@@H]2CCCN(N2)C1=O. The highest BCUT2D eigenvalue weighted by Crippen LogP contribution is 2.24. The smallest absolute Gasteiger partial charge is 0.258 e. The normalized spacial score (nSPS) is 27.8. The molecule has 3 aliphatic heterocycles. The van der Waals surface area contributed by atoms with E-state index in [9.17, 15) is 19.2 Å². The second-order valence-electron chi connectivity index (χ2n) is 12.7. The van der Waals surface area contributed by atoms with Gasteiger partial charge in [-0.25, -0.2) is 10.4 Å². The summed E-state index contributed by atoms with van der Waals surface area (Å²) in [5.74, 6) is -0.562. The van der Waals surface area contributed by atoms with Crippen LogP contribution in [-0.2, 0) is 19.2 Å². The summed E-state index contributed by atoms with van der Waals surface area (Å²) in [4.78, 5) is 58.6. The number of aromatic nitrogens is 1. The van der Waals surface area contributed by atoms with Gasteiger partial charge in [0.1, 0.15) is 23.9 Å². The van der Waals surface area contributed by atoms with Crippen molar-refractivity contribution in [3.63, 3.8) is 0 Å². The van der Waals surface area contributed by atoms with Crippen LogP contribution in [0.2, 0.25) is 0 Å². The van der Waals surface area contributed by atoms with Crippen molar-refractivity contribution in [2.45, 2.75) is 71.0 Å². The van der Waals surface area contributed by atoms with Crippen molar-refractivity contribution in [2.24, 2.45) is 11.3 Å². The topological polar surface area (TPSA) is 148 Å². The first kappa shape index (κ1) is 31.4. The number of amides is 4. The van der Waals surface area contributed by atoms with E-state index in [-0.39, 0.29) is 23.6 Å². The highest BCUT2D eigenvalue weighted by molar-refractivity contribution is 5.94. The maximum Gasteiger partial charge on any atom is 0.258 e. The summed E-state index contributed by atoms with van der Waals surface area (Å²) in [6, 6.07) is 7.30. The lowest BCUT2D eigenvalue weighted by Gasteiger charge is -2.36. The number of carbonyl (C=O) groups excluding carboxylic acids is 4. The van der Waals surface area contributed by atoms with Gasteiger partial charge in [0.15, 0.2) is 0 Å². The van der Waals surface area contributed by atoms with Gasteiger partial charge in [0.2, 0.25) is 11.8 Å². The van der Waals surface area contributed by atoms with Crippen LogP contribution in [0.3, 0.4) is 0 Å². The van der Waals surface area contributed by atoms with Crippen LogP contribution in [0, 0.1) is 11.3 Å². The zero-order valence-electron chi connectivity index (χ0n) is 26.0. The second kappa shape index (κ2) is 13.3. The molecule has 5 rings (SSSR count). The van der Waals surface area contributed by atoms with Crippen molar-refractivity contribution in [1.29, 1.82) is 0 Å². The fourth-order valence-electron chi connectivity index (χ4n) is 5.87. The fourth-order valence-corrected chi connectivity index (χ4v) is 5.87. The molecule has 4 atom stereocenters. The quantitative estimate of drug-likeness (QED) is 0.348. The maximum atomic E-state index is 13.6. The van der Waals surface area contributed by atoms with E-state index in [0.29, 0.717) is 31.6 Å². The largest absolute Gasteiger partial charge is 0.344 e. The molecule has 44 heavy (non-hydrogen) atoms. The molecule has 236 valence electrons. The summed E-state index contributed by atoms with van der Waals surface area (Å²) in [6.07, 6.45) is 7.29. The summed E-state index contributed by atoms with van der Waals surface area (Å²) in [7, 11) is 1.72. The number of fused-ring (bicyclic) bond motifs is 4. The first-order valence-corrected chi connectivity index (χ1v) is 15.5. The summed E-state index contributed by atoms with van der Waals surface area (Å²) in [5, 5.41) is 13.1. The third kappa shape index (κ3) is 7.36. The number of hydrazine groups is 2. The zero-order chi connectivity index (χ0) is 31.4. The van der Waals surface area contributed by atoms with Crippen molar-refractivity contribution < 1.29 is 19.2 Å². The number of hydrogen-bond donors (Lipinski definition) is 5. The van der Waals surface area contributed by atoms with Crippen molar-refractivity contribution in [3.05, 3.63) is 42.0 Å². The first-order valence-electron chi connectivity index (χ1n) is 15.5. The molecular weight excluding hydrogens is 560 g/mol. The van der Waals surface area contributed by atoms with Gasteiger partial charge >= 0.3 is 0 Å². The van der Waals surface area contributed by atoms with Crippen LogP contribution in [-0.4, -0.2) is 78.4 Å². The van der Waals surface area contributed by atoms with Gasteiger partial charge in [0, 0.05) is 19.0 Å². The number of hydrogen-bond acceptors (Lipinski definition) is 8. The second-order valence-corrected chi connectivity index (χ2v) is 12.7. The highest BCUT2D eigenvalue weighted by Gasteiger charge is 2.35. The number of anilines is 1. The minimum absolute atomic E-state index is 0.218. The minimum atomic E-state index is -0.926. The first-order chi connectivity index (χ1) is 21.0. The van der Waals surface area contributed by atoms with E-state index >= 15 is 0 Å². The van der Waals surface area contributed by atoms with Gasteiger partial charge in [-0.05, 0) is 95.6 Å². The molecule has 4 amide bonds. The van der Waals surface area contributed by atoms with Crippen molar-refractivity contribution in [2.75, 3.05) is 31.7 Å². The number of nitrogens with zero attached hydrogens (tertiary/aromatic N) is 3. The van der Waals surface area contributed by atoms with E-state index in [1.54, 1.807) is 19.0 Å². The predicted octanol–water partition coefficient (Wildman–Crippen LogP) is 1.63. The van der Waals surface area contributed by atoms with Gasteiger partial charge in [-0.2, -0.15) is 0 Å². The van der Waals surface area contributed by atoms with Gasteiger partial charge in [0.05, 0.1) is 10.9 Å². The molecule has 4 heterocycles. The predicted molar refractivity (Wildman–Crippen MR) is 169 cm³/mol. The Hall–Kier alpha value is -4.03. The van der Waals surface area contributed by atoms with Crippen LogP contribution >= 0.6 is 0 Å². The third-order valence-electron chi connectivity index (χ3n) is 8.69. The van der Waals surface area contributed by atoms with Gasteiger partial charge < -0.3 is 16.0 Å². The Kier molecular flexibility index (Phi) is 9.50. The monoisotopic (exact) mass is 604 g/mol. The standard InChI is InChI=1S/C32H44N8O4/c1-20-30(43)40-16-6-8-24(37-40)29(42)38-39(4)27-12-11-23-10-9-21(17-25(23)35-27)13-14-32(2,3)31(44)36-26(28(41)34-20)18-22-7-5-15-33-19-22/h9-14,17,20,22,24,26,33,37H,5-8,15-16,18-19H2,1-4H3,(H,34,41)(H,36,44)(H,38,42)/b14-13+/t20-,22?,24-,26-/m0/s1. The lowest BCUT2D eigenvalue weighted by atomic mass is 9.88. The molecule has 0 radical (unpaired) electrons. The minimum Gasteiger partial charge on any atom is -0.344 e. The summed E-state index contributed by atoms with van der Waals surface area (Å²) in [6.45, 7) is 7.36. The van der Waals surface area contributed by atoms with Gasteiger partial charge in [0.25, 0.3) is 11.8 Å². The third-order valence-corrected chi connectivity index (χ3v) is 8.69. The zero-order valence-corrected chi connectivity index (χ0v) is 26.0. The maximum absolute atomic E-state index is 13.6. The Morgan fingerprint density at radius 3 is 2.57 bits per heavy atom. The Morgan fingerprint density at radius 1 is 1.00 bits per heavy atom. The van der Waals surface area contributed by atoms with Crippen LogP contribution in [0.4, 0.5) is 5.82 Å². The lowest BCUT2D eigenvalue weighted by molar-refractivity contribution is -0.143. The molecule has 2 aromatic rings. The van der Waals surface area contributed by atoms with Crippen LogP contribution < -0.4 is 31.8 Å². The number of benzene rings is 1. The summed E-state index contributed by atoms with van der Waals surface area (Å²) >= 11 is 0. The Morgan fingerprint density at radius 2 is 1.80 bits per heavy atom. The Balaban J connectivity index is 1.47. The molecule has 1 unspecified atom stereocenters. The molecule has 0 spiro atoms. The molecule has 0 saturated carbocycles. The highest BCUT2D eigenvalue weighted by atomic mass is 16.2. The van der Waals surface area contributed by atoms with Gasteiger partial charge in [-0.3, -0.25) is 34.6 Å². The van der Waals surface area contributed by atoms with Crippen molar-refractivity contribution in [1.82, 2.24) is 36.8 Å². The van der Waals surface area contributed by atoms with Crippen LogP contribution in [0.1, 0.15) is 58.4 Å². The van der Waals surface area contributed by atoms with E-state index in [1.165, 1.54) is 5.01 Å². The van der Waals surface area contributed by atoms with E-state index in [2.05, 4.69) is 26.8 Å². The molecule has 1 aromatic carbocycles. The summed E-state index contributed by atoms with van der Waals surface area (Å²) in [5.41, 5.74) is 6.59. The molecule has 12 heteroatoms. The molecular formula is C32H44N8O4. The average molecular weight is 605 g/mol. The van der Waals surface area contributed by atoms with E-state index in [4.69, 9.17) is 4.98 Å². The van der Waals surface area contributed by atoms with Gasteiger partial charge in [-0.15, -0.1) is 0 Å². The van der Waals surface area contributed by atoms with Crippen LogP contribution in [0.5, 0.6) is 0 Å². The fraction of sp³-hybridized carbons (Fsp3) is 0.531. The van der Waals surface area contributed by atoms with Gasteiger partial charge in [-0.1, -0.05) is 24.3 Å². The molecule has 0 aliphatic carbocycles. The molecule has 12 nitrogen and oxygen atoms in total. The van der Waals surface area contributed by atoms with E-state index in [0.717, 1.165) is 42.4 Å². The average Bonchev–Trinajstić information content (AvgIpc) is 3.02. The van der Waals surface area contributed by atoms with Crippen molar-refractivity contribution >= 4 is 46.4 Å². The lowest BCUT2D eigenvalue weighted by Crippen LogP contribution is -2.62.